The number of likely N-dealkylation sites (tertiary alicyclic amines) is 1. The summed E-state index contributed by atoms with van der Waals surface area (Å²) in [5.74, 6) is 0. The predicted molar refractivity (Wildman–Crippen MR) is 61.7 cm³/mol. The summed E-state index contributed by atoms with van der Waals surface area (Å²) in [7, 11) is 0. The van der Waals surface area contributed by atoms with Crippen LogP contribution >= 0.6 is 0 Å². The molecular formula is C12H24N2O. The average molecular weight is 212 g/mol. The maximum Gasteiger partial charge on any atom is 0.0695 e. The van der Waals surface area contributed by atoms with Crippen LogP contribution in [0, 0.1) is 0 Å². The van der Waals surface area contributed by atoms with Gasteiger partial charge in [0.25, 0.3) is 0 Å². The summed E-state index contributed by atoms with van der Waals surface area (Å²) < 4.78 is 0. The van der Waals surface area contributed by atoms with E-state index in [1.807, 2.05) is 0 Å². The molecule has 2 fully saturated rings. The van der Waals surface area contributed by atoms with Crippen molar-refractivity contribution in [3.8, 4) is 0 Å². The molecule has 1 aliphatic carbocycles. The molecule has 3 heteroatoms. The van der Waals surface area contributed by atoms with E-state index in [9.17, 15) is 5.11 Å². The van der Waals surface area contributed by atoms with Crippen LogP contribution < -0.4 is 5.73 Å². The summed E-state index contributed by atoms with van der Waals surface area (Å²) >= 11 is 0. The zero-order valence-corrected chi connectivity index (χ0v) is 9.57. The summed E-state index contributed by atoms with van der Waals surface area (Å²) in [6.07, 6.45) is 8.13. The van der Waals surface area contributed by atoms with Gasteiger partial charge in [-0.15, -0.1) is 0 Å². The molecule has 1 heterocycles. The van der Waals surface area contributed by atoms with Gasteiger partial charge in [-0.05, 0) is 32.2 Å². The van der Waals surface area contributed by atoms with Crippen molar-refractivity contribution in [2.45, 2.75) is 63.1 Å². The van der Waals surface area contributed by atoms with Gasteiger partial charge in [-0.3, -0.25) is 4.90 Å². The van der Waals surface area contributed by atoms with Crippen molar-refractivity contribution in [1.82, 2.24) is 4.90 Å². The largest absolute Gasteiger partial charge is 0.391 e. The third-order valence-corrected chi connectivity index (χ3v) is 3.90. The normalized spacial score (nSPS) is 40.0. The van der Waals surface area contributed by atoms with Crippen LogP contribution in [0.4, 0.5) is 0 Å². The Kier molecular flexibility index (Phi) is 4.00. The fourth-order valence-electron chi connectivity index (χ4n) is 3.04. The van der Waals surface area contributed by atoms with E-state index in [1.54, 1.807) is 0 Å². The van der Waals surface area contributed by atoms with Crippen molar-refractivity contribution < 1.29 is 5.11 Å². The van der Waals surface area contributed by atoms with Gasteiger partial charge in [0, 0.05) is 18.6 Å². The third-order valence-electron chi connectivity index (χ3n) is 3.90. The minimum absolute atomic E-state index is 0.113. The molecule has 3 unspecified atom stereocenters. The molecule has 88 valence electrons. The molecule has 3 atom stereocenters. The first-order chi connectivity index (χ1) is 7.27. The Bertz CT molecular complexity index is 198. The molecule has 0 spiro atoms. The monoisotopic (exact) mass is 212 g/mol. The Morgan fingerprint density at radius 2 is 1.80 bits per heavy atom. The van der Waals surface area contributed by atoms with Crippen molar-refractivity contribution in [1.29, 1.82) is 0 Å². The Morgan fingerprint density at radius 3 is 2.60 bits per heavy atom. The van der Waals surface area contributed by atoms with Crippen LogP contribution in [0.25, 0.3) is 0 Å². The van der Waals surface area contributed by atoms with Gasteiger partial charge < -0.3 is 10.8 Å². The van der Waals surface area contributed by atoms with Crippen molar-refractivity contribution in [2.24, 2.45) is 5.73 Å². The number of nitrogens with two attached hydrogens (primary N) is 1. The first-order valence-corrected chi connectivity index (χ1v) is 6.45. The second-order valence-electron chi connectivity index (χ2n) is 5.17. The SMILES string of the molecule is NC1CCCN(C2CCCCCC2O)C1. The molecule has 1 saturated heterocycles. The van der Waals surface area contributed by atoms with Crippen LogP contribution in [-0.4, -0.2) is 41.3 Å². The Morgan fingerprint density at radius 1 is 1.00 bits per heavy atom. The summed E-state index contributed by atoms with van der Waals surface area (Å²) in [5.41, 5.74) is 5.99. The van der Waals surface area contributed by atoms with E-state index in [0.29, 0.717) is 12.1 Å². The zero-order valence-electron chi connectivity index (χ0n) is 9.57. The Hall–Kier alpha value is -0.120. The summed E-state index contributed by atoms with van der Waals surface area (Å²) in [4.78, 5) is 2.43. The number of aliphatic hydroxyl groups excluding tert-OH is 1. The van der Waals surface area contributed by atoms with Gasteiger partial charge in [0.2, 0.25) is 0 Å². The van der Waals surface area contributed by atoms with Gasteiger partial charge in [0.1, 0.15) is 0 Å². The minimum Gasteiger partial charge on any atom is -0.391 e. The fourth-order valence-corrected chi connectivity index (χ4v) is 3.04. The van der Waals surface area contributed by atoms with Gasteiger partial charge >= 0.3 is 0 Å². The van der Waals surface area contributed by atoms with E-state index in [2.05, 4.69) is 4.90 Å². The first-order valence-electron chi connectivity index (χ1n) is 6.45. The molecule has 0 amide bonds. The second kappa shape index (κ2) is 5.28. The molecule has 3 nitrogen and oxygen atoms in total. The van der Waals surface area contributed by atoms with Crippen LogP contribution in [0.1, 0.15) is 44.9 Å². The van der Waals surface area contributed by atoms with Crippen molar-refractivity contribution in [3.05, 3.63) is 0 Å². The van der Waals surface area contributed by atoms with E-state index >= 15 is 0 Å². The van der Waals surface area contributed by atoms with Gasteiger partial charge in [-0.1, -0.05) is 19.3 Å². The van der Waals surface area contributed by atoms with E-state index in [4.69, 9.17) is 5.73 Å². The summed E-state index contributed by atoms with van der Waals surface area (Å²) in [6, 6.07) is 0.716. The molecule has 2 aliphatic rings. The highest BCUT2D eigenvalue weighted by Crippen LogP contribution is 2.24. The number of nitrogens with zero attached hydrogens (tertiary/aromatic N) is 1. The van der Waals surface area contributed by atoms with E-state index in [-0.39, 0.29) is 6.10 Å². The molecule has 0 radical (unpaired) electrons. The predicted octanol–water partition coefficient (Wildman–Crippen LogP) is 1.10. The van der Waals surface area contributed by atoms with E-state index in [0.717, 1.165) is 32.4 Å². The summed E-state index contributed by atoms with van der Waals surface area (Å²) in [6.45, 7) is 2.12. The molecule has 1 saturated carbocycles. The molecule has 0 bridgehead atoms. The van der Waals surface area contributed by atoms with Crippen LogP contribution in [0.5, 0.6) is 0 Å². The fraction of sp³-hybridized carbons (Fsp3) is 1.00. The van der Waals surface area contributed by atoms with Crippen molar-refractivity contribution >= 4 is 0 Å². The Balaban J connectivity index is 1.94. The number of hydrogen-bond acceptors (Lipinski definition) is 3. The zero-order chi connectivity index (χ0) is 10.7. The highest BCUT2D eigenvalue weighted by molar-refractivity contribution is 4.86. The van der Waals surface area contributed by atoms with Gasteiger partial charge in [-0.25, -0.2) is 0 Å². The van der Waals surface area contributed by atoms with Gasteiger partial charge in [0.15, 0.2) is 0 Å². The highest BCUT2D eigenvalue weighted by Gasteiger charge is 2.29. The van der Waals surface area contributed by atoms with Gasteiger partial charge in [-0.2, -0.15) is 0 Å². The second-order valence-corrected chi connectivity index (χ2v) is 5.17. The maximum atomic E-state index is 10.1. The lowest BCUT2D eigenvalue weighted by atomic mass is 9.99. The van der Waals surface area contributed by atoms with Crippen LogP contribution in [0.15, 0.2) is 0 Å². The van der Waals surface area contributed by atoms with Crippen molar-refractivity contribution in [2.75, 3.05) is 13.1 Å². The third kappa shape index (κ3) is 2.92. The topological polar surface area (TPSA) is 49.5 Å². The van der Waals surface area contributed by atoms with Crippen LogP contribution in [0.3, 0.4) is 0 Å². The highest BCUT2D eigenvalue weighted by atomic mass is 16.3. The summed E-state index contributed by atoms with van der Waals surface area (Å²) in [5, 5.41) is 10.1. The van der Waals surface area contributed by atoms with Crippen LogP contribution in [-0.2, 0) is 0 Å². The van der Waals surface area contributed by atoms with E-state index < -0.39 is 0 Å². The van der Waals surface area contributed by atoms with Crippen molar-refractivity contribution in [3.63, 3.8) is 0 Å². The molecule has 0 aromatic rings. The maximum absolute atomic E-state index is 10.1. The number of rotatable bonds is 1. The quantitative estimate of drug-likeness (QED) is 0.640. The molecule has 0 aromatic carbocycles. The number of hydrogen-bond donors (Lipinski definition) is 2. The lowest BCUT2D eigenvalue weighted by molar-refractivity contribution is 0.0299. The first kappa shape index (κ1) is 11.4. The molecule has 1 aliphatic heterocycles. The number of piperidine rings is 1. The minimum atomic E-state index is -0.113. The van der Waals surface area contributed by atoms with Crippen LogP contribution in [0.2, 0.25) is 0 Å². The molecular weight excluding hydrogens is 188 g/mol. The average Bonchev–Trinajstić information content (AvgIpc) is 2.43. The standard InChI is InChI=1S/C12H24N2O/c13-10-5-4-8-14(9-10)11-6-2-1-3-7-12(11)15/h10-12,15H,1-9,13H2. The lowest BCUT2D eigenvalue weighted by Crippen LogP contribution is -2.51. The van der Waals surface area contributed by atoms with Gasteiger partial charge in [0.05, 0.1) is 6.10 Å². The molecule has 0 aromatic heterocycles. The van der Waals surface area contributed by atoms with E-state index in [1.165, 1.54) is 25.7 Å². The molecule has 2 rings (SSSR count). The molecule has 3 N–H and O–H groups in total. The molecule has 15 heavy (non-hydrogen) atoms. The lowest BCUT2D eigenvalue weighted by Gasteiger charge is -2.38. The smallest absolute Gasteiger partial charge is 0.0695 e. The Labute approximate surface area is 92.6 Å². The number of aliphatic hydroxyl groups is 1.